The molecule has 0 atom stereocenters. The van der Waals surface area contributed by atoms with E-state index in [1.807, 2.05) is 13.8 Å². The normalized spacial score (nSPS) is 15.0. The summed E-state index contributed by atoms with van der Waals surface area (Å²) >= 11 is 0.814. The maximum atomic E-state index is 13.0. The number of amides is 4. The highest BCUT2D eigenvalue weighted by Gasteiger charge is 2.34. The van der Waals surface area contributed by atoms with Crippen LogP contribution in [0.15, 0.2) is 29.2 Å². The molecule has 7 nitrogen and oxygen atoms in total. The number of nitrogens with zero attached hydrogens (tertiary/aromatic N) is 2. The van der Waals surface area contributed by atoms with Gasteiger partial charge in [-0.15, -0.1) is 0 Å². The Balaban J connectivity index is 1.76. The molecule has 0 radical (unpaired) electrons. The molecule has 0 spiro atoms. The monoisotopic (exact) mass is 435 g/mol. The Bertz CT molecular complexity index is 822. The smallest absolute Gasteiger partial charge is 0.293 e. The summed E-state index contributed by atoms with van der Waals surface area (Å²) in [7, 11) is 0. The first-order valence-electron chi connectivity index (χ1n) is 9.91. The standard InChI is InChI=1S/C21H26FN3O4S/c1-3-24(4-2)19(27)7-5-6-18(26)23-12-13-25-20(28)17(30-21(25)29)14-15-8-10-16(22)11-9-15/h8-11,14H,3-7,12-13H2,1-2H3,(H,23,26)/b17-14+. The minimum absolute atomic E-state index is 0.0264. The Morgan fingerprint density at radius 2 is 1.80 bits per heavy atom. The van der Waals surface area contributed by atoms with E-state index in [9.17, 15) is 23.6 Å². The maximum Gasteiger partial charge on any atom is 0.293 e. The fourth-order valence-corrected chi connectivity index (χ4v) is 3.80. The van der Waals surface area contributed by atoms with Gasteiger partial charge in [-0.05, 0) is 55.8 Å². The van der Waals surface area contributed by atoms with Gasteiger partial charge in [-0.25, -0.2) is 4.39 Å². The highest BCUT2D eigenvalue weighted by molar-refractivity contribution is 8.18. The minimum atomic E-state index is -0.437. The number of nitrogens with one attached hydrogen (secondary N) is 1. The number of halogens is 1. The van der Waals surface area contributed by atoms with Crippen LogP contribution in [0.1, 0.15) is 38.7 Å². The summed E-state index contributed by atoms with van der Waals surface area (Å²) in [4.78, 5) is 51.4. The summed E-state index contributed by atoms with van der Waals surface area (Å²) in [6, 6.07) is 5.60. The molecule has 1 aliphatic heterocycles. The third-order valence-electron chi connectivity index (χ3n) is 4.61. The number of carbonyl (C=O) groups excluding carboxylic acids is 4. The molecule has 30 heavy (non-hydrogen) atoms. The number of thioether (sulfide) groups is 1. The molecule has 1 aromatic carbocycles. The zero-order valence-electron chi connectivity index (χ0n) is 17.2. The summed E-state index contributed by atoms with van der Waals surface area (Å²) in [6.07, 6.45) is 2.50. The van der Waals surface area contributed by atoms with Crippen LogP contribution in [0.25, 0.3) is 6.08 Å². The van der Waals surface area contributed by atoms with Gasteiger partial charge in [0.1, 0.15) is 5.82 Å². The fraction of sp³-hybridized carbons (Fsp3) is 0.429. The van der Waals surface area contributed by atoms with Gasteiger partial charge in [0.25, 0.3) is 11.1 Å². The molecule has 1 fully saturated rings. The van der Waals surface area contributed by atoms with Crippen molar-refractivity contribution in [2.45, 2.75) is 33.1 Å². The second-order valence-corrected chi connectivity index (χ2v) is 7.65. The Labute approximate surface area is 179 Å². The number of carbonyl (C=O) groups is 4. The van der Waals surface area contributed by atoms with Gasteiger partial charge in [0, 0.05) is 39.0 Å². The SMILES string of the molecule is CCN(CC)C(=O)CCCC(=O)NCCN1C(=O)S/C(=C/c2ccc(F)cc2)C1=O. The summed E-state index contributed by atoms with van der Waals surface area (Å²) < 4.78 is 13.0. The van der Waals surface area contributed by atoms with E-state index in [-0.39, 0.29) is 42.0 Å². The summed E-state index contributed by atoms with van der Waals surface area (Å²) in [5.41, 5.74) is 0.620. The first-order valence-corrected chi connectivity index (χ1v) is 10.7. The molecule has 0 unspecified atom stereocenters. The molecule has 1 N–H and O–H groups in total. The van der Waals surface area contributed by atoms with Crippen LogP contribution in [0.4, 0.5) is 9.18 Å². The van der Waals surface area contributed by atoms with Crippen molar-refractivity contribution in [3.05, 3.63) is 40.6 Å². The lowest BCUT2D eigenvalue weighted by atomic mass is 10.2. The van der Waals surface area contributed by atoms with Crippen LogP contribution < -0.4 is 5.32 Å². The molecule has 1 saturated heterocycles. The van der Waals surface area contributed by atoms with Crippen molar-refractivity contribution >= 4 is 40.8 Å². The highest BCUT2D eigenvalue weighted by atomic mass is 32.2. The lowest BCUT2D eigenvalue weighted by molar-refractivity contribution is -0.131. The van der Waals surface area contributed by atoms with Gasteiger partial charge in [-0.1, -0.05) is 12.1 Å². The largest absolute Gasteiger partial charge is 0.354 e. The first kappa shape index (κ1) is 23.6. The lowest BCUT2D eigenvalue weighted by Gasteiger charge is -2.18. The van der Waals surface area contributed by atoms with Crippen molar-refractivity contribution in [1.29, 1.82) is 0 Å². The van der Waals surface area contributed by atoms with E-state index in [4.69, 9.17) is 0 Å². The van der Waals surface area contributed by atoms with Gasteiger partial charge in [0.05, 0.1) is 4.91 Å². The van der Waals surface area contributed by atoms with Crippen molar-refractivity contribution in [1.82, 2.24) is 15.1 Å². The highest BCUT2D eigenvalue weighted by Crippen LogP contribution is 2.31. The molecule has 0 saturated carbocycles. The summed E-state index contributed by atoms with van der Waals surface area (Å²) in [5.74, 6) is -1.02. The first-order chi connectivity index (χ1) is 14.3. The van der Waals surface area contributed by atoms with Crippen LogP contribution in [0.2, 0.25) is 0 Å². The van der Waals surface area contributed by atoms with Gasteiger partial charge in [-0.2, -0.15) is 0 Å². The van der Waals surface area contributed by atoms with Crippen LogP contribution >= 0.6 is 11.8 Å². The Hall–Kier alpha value is -2.68. The van der Waals surface area contributed by atoms with E-state index < -0.39 is 11.1 Å². The van der Waals surface area contributed by atoms with Gasteiger partial charge in [0.2, 0.25) is 11.8 Å². The second kappa shape index (κ2) is 11.5. The molecule has 1 aromatic rings. The van der Waals surface area contributed by atoms with Crippen molar-refractivity contribution in [3.63, 3.8) is 0 Å². The predicted octanol–water partition coefficient (Wildman–Crippen LogP) is 3.02. The van der Waals surface area contributed by atoms with E-state index in [2.05, 4.69) is 5.32 Å². The second-order valence-electron chi connectivity index (χ2n) is 6.65. The molecule has 9 heteroatoms. The molecule has 0 bridgehead atoms. The average molecular weight is 436 g/mol. The van der Waals surface area contributed by atoms with Crippen LogP contribution in [0.3, 0.4) is 0 Å². The van der Waals surface area contributed by atoms with Gasteiger partial charge >= 0.3 is 0 Å². The van der Waals surface area contributed by atoms with E-state index in [1.54, 1.807) is 4.90 Å². The molecule has 162 valence electrons. The number of rotatable bonds is 10. The molecule has 1 aliphatic rings. The predicted molar refractivity (Wildman–Crippen MR) is 114 cm³/mol. The molecule has 1 heterocycles. The number of benzene rings is 1. The quantitative estimate of drug-likeness (QED) is 0.571. The van der Waals surface area contributed by atoms with Crippen LogP contribution in [0.5, 0.6) is 0 Å². The third-order valence-corrected chi connectivity index (χ3v) is 5.52. The van der Waals surface area contributed by atoms with Crippen LogP contribution in [0, 0.1) is 5.82 Å². The van der Waals surface area contributed by atoms with Gasteiger partial charge < -0.3 is 10.2 Å². The Morgan fingerprint density at radius 3 is 2.43 bits per heavy atom. The number of imide groups is 1. The molecule has 2 rings (SSSR count). The lowest BCUT2D eigenvalue weighted by Crippen LogP contribution is -2.37. The van der Waals surface area contributed by atoms with Crippen LogP contribution in [-0.4, -0.2) is 58.9 Å². The minimum Gasteiger partial charge on any atom is -0.354 e. The number of hydrogen-bond acceptors (Lipinski definition) is 5. The molecule has 4 amide bonds. The fourth-order valence-electron chi connectivity index (χ4n) is 2.93. The maximum absolute atomic E-state index is 13.0. The summed E-state index contributed by atoms with van der Waals surface area (Å²) in [5, 5.41) is 2.26. The summed E-state index contributed by atoms with van der Waals surface area (Å²) in [6.45, 7) is 5.32. The zero-order valence-corrected chi connectivity index (χ0v) is 18.0. The van der Waals surface area contributed by atoms with E-state index in [1.165, 1.54) is 30.3 Å². The van der Waals surface area contributed by atoms with Gasteiger partial charge in [0.15, 0.2) is 0 Å². The average Bonchev–Trinajstić information content (AvgIpc) is 2.98. The van der Waals surface area contributed by atoms with Crippen molar-refractivity contribution < 1.29 is 23.6 Å². The third kappa shape index (κ3) is 6.69. The molecule has 0 aliphatic carbocycles. The number of hydrogen-bond donors (Lipinski definition) is 1. The Kier molecular flexibility index (Phi) is 9.04. The Morgan fingerprint density at radius 1 is 1.13 bits per heavy atom. The van der Waals surface area contributed by atoms with Crippen LogP contribution in [-0.2, 0) is 14.4 Å². The van der Waals surface area contributed by atoms with Gasteiger partial charge in [-0.3, -0.25) is 24.1 Å². The molecular formula is C21H26FN3O4S. The van der Waals surface area contributed by atoms with E-state index >= 15 is 0 Å². The van der Waals surface area contributed by atoms with Crippen molar-refractivity contribution in [2.24, 2.45) is 0 Å². The van der Waals surface area contributed by atoms with E-state index in [0.717, 1.165) is 16.7 Å². The van der Waals surface area contributed by atoms with E-state index in [0.29, 0.717) is 31.5 Å². The zero-order chi connectivity index (χ0) is 22.1. The van der Waals surface area contributed by atoms with Crippen molar-refractivity contribution in [3.8, 4) is 0 Å². The molecule has 0 aromatic heterocycles. The van der Waals surface area contributed by atoms with Crippen molar-refractivity contribution in [2.75, 3.05) is 26.2 Å². The topological polar surface area (TPSA) is 86.8 Å². The molecular weight excluding hydrogens is 409 g/mol.